The van der Waals surface area contributed by atoms with Crippen LogP contribution in [0.3, 0.4) is 0 Å². The average molecular weight is 228 g/mol. The molecule has 0 saturated heterocycles. The van der Waals surface area contributed by atoms with Crippen LogP contribution in [0.5, 0.6) is 0 Å². The number of allylic oxidation sites excluding steroid dienone is 2. The minimum Gasteiger partial charge on any atom is -0.0808 e. The second-order valence-corrected chi connectivity index (χ2v) is 8.28. The molecule has 0 nitrogen and oxygen atoms in total. The summed E-state index contributed by atoms with van der Waals surface area (Å²) in [5.74, 6) is 0. The molecule has 15 heavy (non-hydrogen) atoms. The van der Waals surface area contributed by atoms with Crippen molar-refractivity contribution in [2.45, 2.75) is 78.5 Å². The number of hydrogen-bond acceptors (Lipinski definition) is 0. The molecule has 0 spiro atoms. The van der Waals surface area contributed by atoms with E-state index in [9.17, 15) is 0 Å². The molecule has 0 amide bonds. The molecule has 0 aromatic heterocycles. The van der Waals surface area contributed by atoms with Gasteiger partial charge < -0.3 is 0 Å². The quantitative estimate of drug-likeness (QED) is 0.485. The largest absolute Gasteiger partial charge is 0.0808 e. The first-order valence-electron chi connectivity index (χ1n) is 6.51. The molecular formula is C14H29P. The van der Waals surface area contributed by atoms with E-state index in [1.807, 2.05) is 0 Å². The second kappa shape index (κ2) is 8.34. The maximum atomic E-state index is 2.54. The summed E-state index contributed by atoms with van der Waals surface area (Å²) in [4.78, 5) is 0. The van der Waals surface area contributed by atoms with Crippen LogP contribution in [-0.2, 0) is 0 Å². The molecule has 0 aromatic rings. The van der Waals surface area contributed by atoms with Crippen LogP contribution in [0.15, 0.2) is 11.4 Å². The Labute approximate surface area is 98.3 Å². The lowest BCUT2D eigenvalue weighted by Crippen LogP contribution is -2.05. The zero-order valence-corrected chi connectivity index (χ0v) is 12.4. The normalized spacial score (nSPS) is 13.3. The molecule has 0 saturated carbocycles. The van der Waals surface area contributed by atoms with Gasteiger partial charge in [-0.25, -0.2) is 0 Å². The van der Waals surface area contributed by atoms with E-state index in [1.54, 1.807) is 5.31 Å². The molecule has 0 rings (SSSR count). The minimum absolute atomic E-state index is 0.102. The molecule has 1 heteroatoms. The van der Waals surface area contributed by atoms with Gasteiger partial charge in [-0.2, -0.15) is 0 Å². The van der Waals surface area contributed by atoms with Gasteiger partial charge in [-0.1, -0.05) is 68.4 Å². The summed E-state index contributed by atoms with van der Waals surface area (Å²) in [6.07, 6.45) is 7.71. The van der Waals surface area contributed by atoms with Crippen LogP contribution in [0.2, 0.25) is 0 Å². The molecule has 90 valence electrons. The summed E-state index contributed by atoms with van der Waals surface area (Å²) in [6.45, 7) is 14.1. The maximum absolute atomic E-state index is 2.54. The summed E-state index contributed by atoms with van der Waals surface area (Å²) in [7, 11) is 0.102. The summed E-state index contributed by atoms with van der Waals surface area (Å²) in [6, 6.07) is 0. The first-order chi connectivity index (χ1) is 7.04. The van der Waals surface area contributed by atoms with Crippen molar-refractivity contribution in [2.24, 2.45) is 0 Å². The highest BCUT2D eigenvalue weighted by atomic mass is 31.1. The molecule has 0 N–H and O–H groups in total. The van der Waals surface area contributed by atoms with Gasteiger partial charge in [0.25, 0.3) is 0 Å². The summed E-state index contributed by atoms with van der Waals surface area (Å²) < 4.78 is 0. The Morgan fingerprint density at radius 1 is 1.00 bits per heavy atom. The lowest BCUT2D eigenvalue weighted by Gasteiger charge is -2.28. The van der Waals surface area contributed by atoms with E-state index in [1.165, 1.54) is 25.7 Å². The highest BCUT2D eigenvalue weighted by molar-refractivity contribution is 7.63. The van der Waals surface area contributed by atoms with Crippen LogP contribution in [0.25, 0.3) is 0 Å². The van der Waals surface area contributed by atoms with Crippen LogP contribution in [0, 0.1) is 0 Å². The molecule has 0 radical (unpaired) electrons. The van der Waals surface area contributed by atoms with Crippen LogP contribution in [0.1, 0.15) is 67.2 Å². The van der Waals surface area contributed by atoms with E-state index >= 15 is 0 Å². The Kier molecular flexibility index (Phi) is 8.43. The van der Waals surface area contributed by atoms with Crippen LogP contribution < -0.4 is 0 Å². The molecule has 0 aromatic carbocycles. The van der Waals surface area contributed by atoms with Crippen molar-refractivity contribution < 1.29 is 0 Å². The van der Waals surface area contributed by atoms with Gasteiger partial charge in [0, 0.05) is 0 Å². The minimum atomic E-state index is 0.102. The SMILES string of the molecule is CCCC=C(CCC)P(C(C)C)C(C)C. The van der Waals surface area contributed by atoms with Gasteiger partial charge in [0.2, 0.25) is 0 Å². The van der Waals surface area contributed by atoms with E-state index in [-0.39, 0.29) is 7.92 Å². The molecule has 0 unspecified atom stereocenters. The number of hydrogen-bond donors (Lipinski definition) is 0. The standard InChI is InChI=1S/C14H29P/c1-7-9-11-14(10-8-2)15(12(3)4)13(5)6/h11-13H,7-10H2,1-6H3. The molecule has 0 fully saturated rings. The predicted octanol–water partition coefficient (Wildman–Crippen LogP) is 5.77. The van der Waals surface area contributed by atoms with Crippen molar-refractivity contribution in [1.29, 1.82) is 0 Å². The van der Waals surface area contributed by atoms with E-state index in [2.05, 4.69) is 47.6 Å². The lowest BCUT2D eigenvalue weighted by atomic mass is 10.2. The van der Waals surface area contributed by atoms with E-state index in [0.717, 1.165) is 11.3 Å². The highest BCUT2D eigenvalue weighted by Gasteiger charge is 2.20. The van der Waals surface area contributed by atoms with Crippen molar-refractivity contribution in [2.75, 3.05) is 0 Å². The second-order valence-electron chi connectivity index (χ2n) is 4.83. The first-order valence-corrected chi connectivity index (χ1v) is 7.99. The van der Waals surface area contributed by atoms with Gasteiger partial charge in [0.05, 0.1) is 0 Å². The third kappa shape index (κ3) is 5.71. The van der Waals surface area contributed by atoms with Gasteiger partial charge in [-0.05, 0) is 29.5 Å². The van der Waals surface area contributed by atoms with Crippen molar-refractivity contribution >= 4 is 7.92 Å². The fourth-order valence-corrected chi connectivity index (χ4v) is 5.50. The van der Waals surface area contributed by atoms with Crippen LogP contribution >= 0.6 is 7.92 Å². The molecule has 0 heterocycles. The lowest BCUT2D eigenvalue weighted by molar-refractivity contribution is 0.897. The number of rotatable bonds is 7. The molecular weight excluding hydrogens is 199 g/mol. The average Bonchev–Trinajstić information content (AvgIpc) is 2.13. The van der Waals surface area contributed by atoms with E-state index < -0.39 is 0 Å². The highest BCUT2D eigenvalue weighted by Crippen LogP contribution is 2.55. The Balaban J connectivity index is 4.67. The van der Waals surface area contributed by atoms with Gasteiger partial charge >= 0.3 is 0 Å². The monoisotopic (exact) mass is 228 g/mol. The van der Waals surface area contributed by atoms with Gasteiger partial charge in [-0.15, -0.1) is 0 Å². The molecule has 0 aliphatic rings. The Morgan fingerprint density at radius 2 is 1.53 bits per heavy atom. The van der Waals surface area contributed by atoms with E-state index in [4.69, 9.17) is 0 Å². The summed E-state index contributed by atoms with van der Waals surface area (Å²) in [5.41, 5.74) is 1.68. The smallest absolute Gasteiger partial charge is 0.0227 e. The predicted molar refractivity (Wildman–Crippen MR) is 75.1 cm³/mol. The van der Waals surface area contributed by atoms with Crippen molar-refractivity contribution in [3.63, 3.8) is 0 Å². The third-order valence-electron chi connectivity index (χ3n) is 2.62. The maximum Gasteiger partial charge on any atom is -0.0227 e. The fraction of sp³-hybridized carbons (Fsp3) is 0.857. The zero-order valence-electron chi connectivity index (χ0n) is 11.5. The molecule has 0 aliphatic carbocycles. The van der Waals surface area contributed by atoms with Gasteiger partial charge in [-0.3, -0.25) is 0 Å². The molecule has 0 aliphatic heterocycles. The third-order valence-corrected chi connectivity index (χ3v) is 5.91. The first kappa shape index (κ1) is 15.2. The van der Waals surface area contributed by atoms with Gasteiger partial charge in [0.15, 0.2) is 0 Å². The van der Waals surface area contributed by atoms with Crippen LogP contribution in [-0.4, -0.2) is 11.3 Å². The molecule has 0 bridgehead atoms. The number of unbranched alkanes of at least 4 members (excludes halogenated alkanes) is 1. The van der Waals surface area contributed by atoms with Crippen molar-refractivity contribution in [1.82, 2.24) is 0 Å². The van der Waals surface area contributed by atoms with Crippen molar-refractivity contribution in [3.8, 4) is 0 Å². The summed E-state index contributed by atoms with van der Waals surface area (Å²) >= 11 is 0. The zero-order chi connectivity index (χ0) is 11.8. The fourth-order valence-electron chi connectivity index (χ4n) is 2.16. The van der Waals surface area contributed by atoms with E-state index in [0.29, 0.717) is 0 Å². The molecule has 0 atom stereocenters. The summed E-state index contributed by atoms with van der Waals surface area (Å²) in [5, 5.41) is 1.78. The van der Waals surface area contributed by atoms with Gasteiger partial charge in [0.1, 0.15) is 0 Å². The topological polar surface area (TPSA) is 0 Å². The van der Waals surface area contributed by atoms with Crippen LogP contribution in [0.4, 0.5) is 0 Å². The van der Waals surface area contributed by atoms with Crippen molar-refractivity contribution in [3.05, 3.63) is 11.4 Å². The Hall–Kier alpha value is 0.170. The Morgan fingerprint density at radius 3 is 1.87 bits per heavy atom. The Bertz CT molecular complexity index is 172.